The molecule has 1 unspecified atom stereocenters. The Morgan fingerprint density at radius 1 is 1.07 bits per heavy atom. The number of hydrogen-bond donors (Lipinski definition) is 2. The largest absolute Gasteiger partial charge is 0.443 e. The summed E-state index contributed by atoms with van der Waals surface area (Å²) in [7, 11) is -3.91. The first kappa shape index (κ1) is 33.2. The normalized spacial score (nSPS) is 32.0. The van der Waals surface area contributed by atoms with E-state index in [0.717, 1.165) is 32.1 Å². The van der Waals surface area contributed by atoms with Gasteiger partial charge in [0.2, 0.25) is 21.8 Å². The number of rotatable bonds is 4. The van der Waals surface area contributed by atoms with Crippen LogP contribution in [0.25, 0.3) is 0 Å². The predicted molar refractivity (Wildman–Crippen MR) is 161 cm³/mol. The van der Waals surface area contributed by atoms with E-state index in [1.807, 2.05) is 19.1 Å². The van der Waals surface area contributed by atoms with Crippen molar-refractivity contribution in [1.29, 1.82) is 0 Å². The fraction of sp³-hybridized carbons (Fsp3) is 0.800. The highest BCUT2D eigenvalue weighted by molar-refractivity contribution is 7.90. The molecule has 4 aliphatic rings. The average molecular weight is 624 g/mol. The molecule has 0 aromatic rings. The Balaban J connectivity index is 1.67. The summed E-state index contributed by atoms with van der Waals surface area (Å²) in [5.74, 6) is -1.46. The third-order valence-electron chi connectivity index (χ3n) is 9.09. The second-order valence-corrected chi connectivity index (χ2v) is 15.5. The second-order valence-electron chi connectivity index (χ2n) is 13.3. The van der Waals surface area contributed by atoms with Crippen molar-refractivity contribution in [2.45, 2.75) is 133 Å². The van der Waals surface area contributed by atoms with Gasteiger partial charge in [-0.05, 0) is 78.6 Å². The number of fused-ring (bicyclic) bond motifs is 2. The maximum atomic E-state index is 14.3. The van der Waals surface area contributed by atoms with Gasteiger partial charge >= 0.3 is 12.1 Å². The third kappa shape index (κ3) is 7.02. The highest BCUT2D eigenvalue weighted by atomic mass is 32.2. The average Bonchev–Trinajstić information content (AvgIpc) is 3.40. The number of primary amides is 1. The SMILES string of the molecule is CCC1CCCCN1S(=O)(=O)[C@]12C[C@H]1/C=C\CCCCC[C@H](N(C(N)=O)C(=O)OC(C)(C)C)C(=O)N1CCC[C@H]1C(=O)N2. The molecular formula is C30H49N5O7S. The Hall–Kier alpha value is -2.67. The number of nitrogens with two attached hydrogens (primary N) is 1. The van der Waals surface area contributed by atoms with Crippen LogP contribution in [-0.2, 0) is 24.3 Å². The highest BCUT2D eigenvalue weighted by Gasteiger charge is 2.66. The summed E-state index contributed by atoms with van der Waals surface area (Å²) >= 11 is 0. The Labute approximate surface area is 255 Å². The van der Waals surface area contributed by atoms with E-state index in [0.29, 0.717) is 43.5 Å². The predicted octanol–water partition coefficient (Wildman–Crippen LogP) is 3.61. The van der Waals surface area contributed by atoms with Crippen LogP contribution >= 0.6 is 0 Å². The van der Waals surface area contributed by atoms with Gasteiger partial charge in [-0.3, -0.25) is 9.59 Å². The minimum atomic E-state index is -3.91. The molecule has 43 heavy (non-hydrogen) atoms. The molecule has 5 atom stereocenters. The van der Waals surface area contributed by atoms with E-state index >= 15 is 0 Å². The molecule has 2 saturated heterocycles. The minimum Gasteiger partial charge on any atom is -0.443 e. The van der Waals surface area contributed by atoms with E-state index in [1.165, 1.54) is 4.90 Å². The van der Waals surface area contributed by atoms with Crippen LogP contribution in [0.5, 0.6) is 0 Å². The van der Waals surface area contributed by atoms with Crippen molar-refractivity contribution in [3.8, 4) is 0 Å². The monoisotopic (exact) mass is 623 g/mol. The van der Waals surface area contributed by atoms with Gasteiger partial charge in [0, 0.05) is 25.0 Å². The lowest BCUT2D eigenvalue weighted by Crippen LogP contribution is -2.60. The van der Waals surface area contributed by atoms with Gasteiger partial charge < -0.3 is 20.7 Å². The van der Waals surface area contributed by atoms with Crippen molar-refractivity contribution in [1.82, 2.24) is 19.4 Å². The summed E-state index contributed by atoms with van der Waals surface area (Å²) in [4.78, 5) is 54.3. The quantitative estimate of drug-likeness (QED) is 0.453. The third-order valence-corrected chi connectivity index (χ3v) is 11.7. The molecule has 12 nitrogen and oxygen atoms in total. The van der Waals surface area contributed by atoms with E-state index in [1.54, 1.807) is 25.1 Å². The maximum Gasteiger partial charge on any atom is 0.419 e. The molecule has 1 aliphatic carbocycles. The van der Waals surface area contributed by atoms with Crippen molar-refractivity contribution in [3.05, 3.63) is 12.2 Å². The Morgan fingerprint density at radius 2 is 1.79 bits per heavy atom. The Kier molecular flexibility index (Phi) is 10.1. The number of hydrogen-bond acceptors (Lipinski definition) is 7. The van der Waals surface area contributed by atoms with Gasteiger partial charge in [0.15, 0.2) is 4.87 Å². The molecule has 0 aromatic heterocycles. The van der Waals surface area contributed by atoms with Crippen molar-refractivity contribution in [2.24, 2.45) is 11.7 Å². The number of nitrogens with zero attached hydrogens (tertiary/aromatic N) is 3. The van der Waals surface area contributed by atoms with E-state index in [-0.39, 0.29) is 31.3 Å². The van der Waals surface area contributed by atoms with Gasteiger partial charge in [0.05, 0.1) is 0 Å². The van der Waals surface area contributed by atoms with Crippen molar-refractivity contribution >= 4 is 34.0 Å². The van der Waals surface area contributed by atoms with Crippen LogP contribution < -0.4 is 11.1 Å². The molecule has 3 heterocycles. The zero-order valence-electron chi connectivity index (χ0n) is 26.0. The van der Waals surface area contributed by atoms with E-state index in [9.17, 15) is 27.6 Å². The number of ether oxygens (including phenoxy) is 1. The van der Waals surface area contributed by atoms with Crippen LogP contribution in [0.4, 0.5) is 9.59 Å². The fourth-order valence-corrected chi connectivity index (χ4v) is 9.29. The Bertz CT molecular complexity index is 1220. The molecule has 3 N–H and O–H groups in total. The van der Waals surface area contributed by atoms with Gasteiger partial charge in [-0.15, -0.1) is 0 Å². The van der Waals surface area contributed by atoms with Gasteiger partial charge in [-0.25, -0.2) is 22.9 Å². The van der Waals surface area contributed by atoms with E-state index in [2.05, 4.69) is 5.32 Å². The molecule has 1 saturated carbocycles. The number of nitrogens with one attached hydrogen (secondary N) is 1. The molecule has 3 fully saturated rings. The summed E-state index contributed by atoms with van der Waals surface area (Å²) in [6.45, 7) is 7.61. The maximum absolute atomic E-state index is 14.3. The lowest BCUT2D eigenvalue weighted by molar-refractivity contribution is -0.142. The number of urea groups is 1. The zero-order chi connectivity index (χ0) is 31.6. The molecule has 3 aliphatic heterocycles. The number of allylic oxidation sites excluding steroid dienone is 1. The summed E-state index contributed by atoms with van der Waals surface area (Å²) in [5, 5.41) is 2.92. The fourth-order valence-electron chi connectivity index (χ4n) is 6.77. The first-order chi connectivity index (χ1) is 20.2. The molecule has 0 spiro atoms. The number of amides is 5. The van der Waals surface area contributed by atoms with Gasteiger partial charge in [-0.2, -0.15) is 4.31 Å². The standard InChI is InChI=1S/C30H49N5O7S/c1-5-22-15-11-12-19-34(22)43(40,41)30-20-21(30)14-9-7-6-8-10-16-24(35(27(31)38)28(39)42-29(2,3)4)26(37)33-18-13-17-23(33)25(36)32-30/h9,14,21-24H,5-8,10-13,15-20H2,1-4H3,(H2,31,38)(H,32,36)/b14-9-/t21-,22?,23+,24+,30-/m1/s1. The number of piperidine rings is 1. The topological polar surface area (TPSA) is 159 Å². The van der Waals surface area contributed by atoms with Crippen molar-refractivity contribution in [3.63, 3.8) is 0 Å². The van der Waals surface area contributed by atoms with Crippen LogP contribution in [-0.4, -0.2) is 88.1 Å². The number of carbonyl (C=O) groups excluding carboxylic acids is 4. The van der Waals surface area contributed by atoms with Gasteiger partial charge in [-0.1, -0.05) is 38.3 Å². The molecule has 13 heteroatoms. The van der Waals surface area contributed by atoms with Crippen LogP contribution in [0, 0.1) is 5.92 Å². The van der Waals surface area contributed by atoms with E-state index < -0.39 is 56.5 Å². The first-order valence-corrected chi connectivity index (χ1v) is 17.3. The highest BCUT2D eigenvalue weighted by Crippen LogP contribution is 2.51. The molecule has 0 radical (unpaired) electrons. The first-order valence-electron chi connectivity index (χ1n) is 15.9. The lowest BCUT2D eigenvalue weighted by atomic mass is 10.0. The second kappa shape index (κ2) is 13.1. The molecular weight excluding hydrogens is 574 g/mol. The number of imide groups is 1. The van der Waals surface area contributed by atoms with Crippen LogP contribution in [0.15, 0.2) is 12.2 Å². The molecule has 0 aromatic carbocycles. The van der Waals surface area contributed by atoms with Crippen LogP contribution in [0.3, 0.4) is 0 Å². The summed E-state index contributed by atoms with van der Waals surface area (Å²) < 4.78 is 35.5. The smallest absolute Gasteiger partial charge is 0.419 e. The van der Waals surface area contributed by atoms with Crippen molar-refractivity contribution in [2.75, 3.05) is 13.1 Å². The van der Waals surface area contributed by atoms with Crippen molar-refractivity contribution < 1.29 is 32.3 Å². The molecule has 5 amide bonds. The summed E-state index contributed by atoms with van der Waals surface area (Å²) in [6.07, 6.45) is 10.1. The number of carbonyl (C=O) groups is 4. The van der Waals surface area contributed by atoms with Crippen LogP contribution in [0.2, 0.25) is 0 Å². The van der Waals surface area contributed by atoms with Crippen LogP contribution in [0.1, 0.15) is 105 Å². The van der Waals surface area contributed by atoms with Gasteiger partial charge in [0.1, 0.15) is 17.7 Å². The Morgan fingerprint density at radius 3 is 2.47 bits per heavy atom. The minimum absolute atomic E-state index is 0.107. The molecule has 0 bridgehead atoms. The summed E-state index contributed by atoms with van der Waals surface area (Å²) in [6, 6.07) is -3.39. The lowest BCUT2D eigenvalue weighted by Gasteiger charge is -2.38. The molecule has 4 rings (SSSR count). The zero-order valence-corrected chi connectivity index (χ0v) is 26.9. The number of sulfonamides is 1. The van der Waals surface area contributed by atoms with Gasteiger partial charge in [0.25, 0.3) is 0 Å². The van der Waals surface area contributed by atoms with E-state index in [4.69, 9.17) is 10.5 Å². The molecule has 242 valence electrons. The summed E-state index contributed by atoms with van der Waals surface area (Å²) in [5.41, 5.74) is 4.71.